The molecule has 120 heavy (non-hydrogen) atoms. The fourth-order valence-corrected chi connectivity index (χ4v) is 32.3. The fraction of sp³-hybridized carbons (Fsp3) is 0.408. The van der Waals surface area contributed by atoms with Gasteiger partial charge in [-0.1, -0.05) is 223 Å². The molecule has 0 bridgehead atoms. The van der Waals surface area contributed by atoms with Gasteiger partial charge in [0.05, 0.1) is 48.3 Å². The smallest absolute Gasteiger partial charge is 0.264 e. The van der Waals surface area contributed by atoms with Crippen LogP contribution in [0.15, 0.2) is 245 Å². The molecule has 14 rings (SSSR count). The number of halogens is 2. The highest BCUT2D eigenvalue weighted by molar-refractivity contribution is 7.90. The lowest BCUT2D eigenvalue weighted by molar-refractivity contribution is 0.0458. The van der Waals surface area contributed by atoms with Crippen LogP contribution in [0.5, 0.6) is 11.5 Å². The molecule has 0 unspecified atom stereocenters. The van der Waals surface area contributed by atoms with Gasteiger partial charge >= 0.3 is 0 Å². The van der Waals surface area contributed by atoms with Crippen LogP contribution in [-0.2, 0) is 52.6 Å². The molecule has 2 spiro atoms. The van der Waals surface area contributed by atoms with Crippen LogP contribution in [0.2, 0.25) is 20.1 Å². The zero-order chi connectivity index (χ0) is 85.4. The lowest BCUT2D eigenvalue weighted by Gasteiger charge is -2.45. The van der Waals surface area contributed by atoms with E-state index in [1.54, 1.807) is 60.7 Å². The quantitative estimate of drug-likeness (QED) is 0.0244. The molecule has 2 amide bonds. The van der Waals surface area contributed by atoms with Crippen LogP contribution in [0.25, 0.3) is 0 Å². The molecule has 6 aliphatic rings. The predicted molar refractivity (Wildman–Crippen MR) is 492 cm³/mol. The molecule has 0 radical (unpaired) electrons. The van der Waals surface area contributed by atoms with Crippen molar-refractivity contribution in [2.24, 2.45) is 35.5 Å². The second kappa shape index (κ2) is 37.8. The van der Waals surface area contributed by atoms with Gasteiger partial charge in [-0.25, -0.2) is 26.3 Å². The maximum atomic E-state index is 14.0. The highest BCUT2D eigenvalue weighted by Gasteiger charge is 2.53. The minimum atomic E-state index is -4.12. The third-order valence-electron chi connectivity index (χ3n) is 26.1. The number of sulfonamides is 2. The standard InChI is InChI=1S/2C49H59ClN2O6SSi/c2*1-6-15-35(31-58-60(48(3,4)5,40-17-10-8-11-18-40)41-19-12-9-13-20-41)32-59(55,56)51-47(54)37-22-26-46-44(29-37)52(30-38-21-24-42(38)45(53)7-2)33-49(34-57-46)27-14-16-36-28-39(50)23-25-43(36)49/h2*6-13,17-20,22-23,25-26,28-29,35,38,42,45,53H,1-2,14-16,21,24,27,30-34H2,3-5H3,(H,51,54)/t35-,38+,42-,45-,49+;35-,38-,42+,45+,49-/m10/s1. The van der Waals surface area contributed by atoms with E-state index in [2.05, 4.69) is 160 Å². The predicted octanol–water partition coefficient (Wildman–Crippen LogP) is 16.4. The minimum Gasteiger partial charge on any atom is -0.490 e. The van der Waals surface area contributed by atoms with E-state index in [0.29, 0.717) is 73.8 Å². The Kier molecular flexibility index (Phi) is 28.1. The minimum absolute atomic E-state index is 0.0873. The van der Waals surface area contributed by atoms with E-state index in [9.17, 15) is 36.6 Å². The molecule has 8 aromatic carbocycles. The Morgan fingerprint density at radius 3 is 1.18 bits per heavy atom. The Morgan fingerprint density at radius 2 is 0.867 bits per heavy atom. The van der Waals surface area contributed by atoms with Crippen LogP contribution < -0.4 is 49.5 Å². The number of ether oxygens (including phenoxy) is 2. The molecule has 4 aliphatic carbocycles. The molecule has 0 aromatic heterocycles. The van der Waals surface area contributed by atoms with Crippen LogP contribution >= 0.6 is 23.2 Å². The highest BCUT2D eigenvalue weighted by Crippen LogP contribution is 2.50. The number of nitrogens with one attached hydrogen (secondary N) is 2. The average Bonchev–Trinajstić information content (AvgIpc) is 0.975. The maximum absolute atomic E-state index is 14.0. The number of hydrogen-bond acceptors (Lipinski definition) is 14. The zero-order valence-electron chi connectivity index (χ0n) is 70.2. The Balaban J connectivity index is 0.000000207. The van der Waals surface area contributed by atoms with E-state index in [0.717, 1.165) is 96.3 Å². The third kappa shape index (κ3) is 19.5. The molecule has 2 aliphatic heterocycles. The number of aryl methyl sites for hydroxylation is 2. The summed E-state index contributed by atoms with van der Waals surface area (Å²) in [6.45, 7) is 32.5. The van der Waals surface area contributed by atoms with Crippen molar-refractivity contribution < 1.29 is 55.0 Å². The van der Waals surface area contributed by atoms with Crippen LogP contribution in [0, 0.1) is 35.5 Å². The number of nitrogens with zero attached hydrogens (tertiary/aromatic N) is 2. The third-order valence-corrected chi connectivity index (χ3v) is 39.4. The molecular weight excluding hydrogens is 1620 g/mol. The second-order valence-corrected chi connectivity index (χ2v) is 49.2. The summed E-state index contributed by atoms with van der Waals surface area (Å²) in [5.41, 5.74) is 6.17. The van der Waals surface area contributed by atoms with Crippen molar-refractivity contribution >= 4 is 104 Å². The van der Waals surface area contributed by atoms with Gasteiger partial charge in [0.1, 0.15) is 11.5 Å². The van der Waals surface area contributed by atoms with Crippen molar-refractivity contribution in [3.63, 3.8) is 0 Å². The van der Waals surface area contributed by atoms with Gasteiger partial charge in [-0.15, -0.1) is 26.3 Å². The summed E-state index contributed by atoms with van der Waals surface area (Å²) in [4.78, 5) is 32.6. The number of amides is 2. The van der Waals surface area contributed by atoms with Gasteiger partial charge in [0.2, 0.25) is 20.0 Å². The van der Waals surface area contributed by atoms with E-state index >= 15 is 0 Å². The van der Waals surface area contributed by atoms with E-state index in [4.69, 9.17) is 41.5 Å². The van der Waals surface area contributed by atoms with Crippen molar-refractivity contribution in [2.45, 2.75) is 152 Å². The molecule has 10 atom stereocenters. The van der Waals surface area contributed by atoms with Gasteiger partial charge in [-0.2, -0.15) is 0 Å². The summed E-state index contributed by atoms with van der Waals surface area (Å²) < 4.78 is 88.1. The topological polar surface area (TPSA) is 210 Å². The van der Waals surface area contributed by atoms with E-state index in [-0.39, 0.29) is 80.4 Å². The Hall–Kier alpha value is -8.39. The van der Waals surface area contributed by atoms with Gasteiger partial charge in [0, 0.05) is 83.2 Å². The molecule has 2 saturated carbocycles. The van der Waals surface area contributed by atoms with Crippen molar-refractivity contribution in [3.8, 4) is 11.5 Å². The molecule has 0 saturated heterocycles. The maximum Gasteiger partial charge on any atom is 0.264 e. The number of aliphatic hydroxyl groups excluding tert-OH is 2. The fourth-order valence-electron chi connectivity index (χ4n) is 19.9. The number of carbonyl (C=O) groups excluding carboxylic acids is 2. The molecule has 2 heterocycles. The average molecular weight is 1740 g/mol. The number of carbonyl (C=O) groups is 2. The summed E-state index contributed by atoms with van der Waals surface area (Å²) >= 11 is 12.9. The molecule has 16 nitrogen and oxygen atoms in total. The lowest BCUT2D eigenvalue weighted by Crippen LogP contribution is -2.67. The van der Waals surface area contributed by atoms with Crippen molar-refractivity contribution in [1.82, 2.24) is 9.44 Å². The monoisotopic (exact) mass is 1730 g/mol. The Labute approximate surface area is 723 Å². The molecule has 8 aromatic rings. The SMILES string of the molecule is C=CC[C@@H](CO[Si](c1ccccc1)(c1ccccc1)C(C)(C)C)CS(=O)(=O)NC(=O)c1ccc2c(c1)N(C[C@@H]1CC[C@H]1[C@H](O)C=C)C[C@@]1(CCCc3cc(Cl)ccc31)CO2.C=CC[C@H](CO[Si](c1ccccc1)(c1ccccc1)C(C)(C)C)CS(=O)(=O)NC(=O)c1ccc2c(c1)N(C[C@@H]1CC[C@H]1[C@H](O)C=C)C[C@@]1(CCCc3cc(Cl)ccc31)CO2. The number of fused-ring (bicyclic) bond motifs is 6. The summed E-state index contributed by atoms with van der Waals surface area (Å²) in [7, 11) is -14.1. The first kappa shape index (κ1) is 89.4. The molecule has 2 fully saturated rings. The number of benzene rings is 8. The number of anilines is 2. The molecule has 636 valence electrons. The molecular formula is C98H118Cl2N4O12S2Si2. The first-order valence-corrected chi connectivity index (χ1v) is 50.3. The number of aliphatic hydroxyl groups is 2. The van der Waals surface area contributed by atoms with E-state index in [1.165, 1.54) is 22.3 Å². The van der Waals surface area contributed by atoms with Crippen molar-refractivity contribution in [1.29, 1.82) is 0 Å². The Bertz CT molecular complexity index is 4810. The van der Waals surface area contributed by atoms with Gasteiger partial charge < -0.3 is 38.3 Å². The largest absolute Gasteiger partial charge is 0.490 e. The number of rotatable bonds is 30. The summed E-state index contributed by atoms with van der Waals surface area (Å²) in [5, 5.41) is 26.8. The van der Waals surface area contributed by atoms with E-state index < -0.39 is 72.5 Å². The Morgan fingerprint density at radius 1 is 0.517 bits per heavy atom. The zero-order valence-corrected chi connectivity index (χ0v) is 75.4. The molecule has 4 N–H and O–H groups in total. The van der Waals surface area contributed by atoms with Gasteiger partial charge in [0.25, 0.3) is 28.4 Å². The van der Waals surface area contributed by atoms with Crippen molar-refractivity contribution in [3.05, 3.63) is 288 Å². The summed E-state index contributed by atoms with van der Waals surface area (Å²) in [6, 6.07) is 63.6. The highest BCUT2D eigenvalue weighted by atomic mass is 35.5. The van der Waals surface area contributed by atoms with Crippen molar-refractivity contribution in [2.75, 3.05) is 73.9 Å². The summed E-state index contributed by atoms with van der Waals surface area (Å²) in [6.07, 6.45) is 15.7. The van der Waals surface area contributed by atoms with Crippen LogP contribution in [0.3, 0.4) is 0 Å². The lowest BCUT2D eigenvalue weighted by atomic mass is 9.68. The van der Waals surface area contributed by atoms with Gasteiger partial charge in [-0.05, 0) is 214 Å². The van der Waals surface area contributed by atoms with E-state index in [1.807, 2.05) is 84.9 Å². The van der Waals surface area contributed by atoms with Crippen LogP contribution in [0.4, 0.5) is 11.4 Å². The second-order valence-electron chi connectivity index (χ2n) is 36.2. The number of hydrogen-bond donors (Lipinski definition) is 4. The number of allylic oxidation sites excluding steroid dienone is 2. The molecule has 22 heteroatoms. The first-order chi connectivity index (χ1) is 57.4. The van der Waals surface area contributed by atoms with Crippen LogP contribution in [0.1, 0.15) is 149 Å². The van der Waals surface area contributed by atoms with Gasteiger partial charge in [0.15, 0.2) is 0 Å². The first-order valence-electron chi connectivity index (χ1n) is 42.4. The summed E-state index contributed by atoms with van der Waals surface area (Å²) in [5.74, 6) is -1.10. The van der Waals surface area contributed by atoms with Gasteiger partial charge in [-0.3, -0.25) is 9.59 Å². The van der Waals surface area contributed by atoms with Crippen LogP contribution in [-0.4, -0.2) is 132 Å². The normalized spacial score (nSPS) is 21.3.